The predicted molar refractivity (Wildman–Crippen MR) is 116 cm³/mol. The fraction of sp³-hybridized carbons (Fsp3) is 0.500. The number of ether oxygens (including phenoxy) is 1. The lowest BCUT2D eigenvalue weighted by molar-refractivity contribution is -0.134. The Bertz CT molecular complexity index is 902. The first-order valence-corrected chi connectivity index (χ1v) is 10.9. The highest BCUT2D eigenvalue weighted by molar-refractivity contribution is 6.00. The van der Waals surface area contributed by atoms with Crippen molar-refractivity contribution in [2.75, 3.05) is 20.3 Å². The first-order valence-electron chi connectivity index (χ1n) is 10.9. The maximum atomic E-state index is 13.5. The number of amides is 2. The number of aromatic nitrogens is 1. The van der Waals surface area contributed by atoms with E-state index >= 15 is 0 Å². The van der Waals surface area contributed by atoms with Crippen LogP contribution in [0.25, 0.3) is 11.3 Å². The summed E-state index contributed by atoms with van der Waals surface area (Å²) >= 11 is 0. The van der Waals surface area contributed by atoms with Crippen molar-refractivity contribution in [1.29, 1.82) is 0 Å². The second-order valence-electron chi connectivity index (χ2n) is 8.59. The number of hydrogen-bond donors (Lipinski definition) is 1. The fourth-order valence-corrected chi connectivity index (χ4v) is 4.75. The first kappa shape index (κ1) is 20.7. The van der Waals surface area contributed by atoms with Crippen molar-refractivity contribution in [3.8, 4) is 11.3 Å². The molecule has 2 heterocycles. The minimum atomic E-state index is -0.970. The molecule has 1 saturated carbocycles. The summed E-state index contributed by atoms with van der Waals surface area (Å²) in [4.78, 5) is 28.7. The van der Waals surface area contributed by atoms with Gasteiger partial charge in [-0.2, -0.15) is 0 Å². The maximum Gasteiger partial charge on any atom is 0.271 e. The Morgan fingerprint density at radius 1 is 1.10 bits per heavy atom. The van der Waals surface area contributed by atoms with Gasteiger partial charge >= 0.3 is 0 Å². The SMILES string of the molecule is COCCN1C(=O)c2ccc(-c3ccccc3)n2C[C@@]1(C)C(=O)NC1CCCCC1. The smallest absolute Gasteiger partial charge is 0.271 e. The van der Waals surface area contributed by atoms with Gasteiger partial charge in [-0.25, -0.2) is 0 Å². The van der Waals surface area contributed by atoms with Crippen LogP contribution in [0.2, 0.25) is 0 Å². The Labute approximate surface area is 178 Å². The quantitative estimate of drug-likeness (QED) is 0.795. The number of hydrogen-bond acceptors (Lipinski definition) is 3. The highest BCUT2D eigenvalue weighted by Gasteiger charge is 2.48. The first-order chi connectivity index (χ1) is 14.5. The minimum Gasteiger partial charge on any atom is -0.383 e. The van der Waals surface area contributed by atoms with E-state index in [1.165, 1.54) is 6.42 Å². The highest BCUT2D eigenvalue weighted by Crippen LogP contribution is 2.33. The van der Waals surface area contributed by atoms with Crippen LogP contribution < -0.4 is 5.32 Å². The van der Waals surface area contributed by atoms with Crippen molar-refractivity contribution in [1.82, 2.24) is 14.8 Å². The number of nitrogens with one attached hydrogen (secondary N) is 1. The molecule has 30 heavy (non-hydrogen) atoms. The van der Waals surface area contributed by atoms with Gasteiger partial charge in [0.15, 0.2) is 0 Å². The van der Waals surface area contributed by atoms with Crippen LogP contribution in [-0.4, -0.2) is 53.1 Å². The zero-order valence-corrected chi connectivity index (χ0v) is 17.9. The molecule has 2 aromatic rings. The summed E-state index contributed by atoms with van der Waals surface area (Å²) in [6.07, 6.45) is 5.55. The van der Waals surface area contributed by atoms with Crippen molar-refractivity contribution in [3.05, 3.63) is 48.2 Å². The molecule has 2 aliphatic rings. The van der Waals surface area contributed by atoms with Gasteiger partial charge in [-0.05, 0) is 37.5 Å². The summed E-state index contributed by atoms with van der Waals surface area (Å²) in [6.45, 7) is 3.09. The zero-order chi connectivity index (χ0) is 21.1. The van der Waals surface area contributed by atoms with Gasteiger partial charge < -0.3 is 19.5 Å². The Morgan fingerprint density at radius 2 is 1.80 bits per heavy atom. The molecule has 0 saturated heterocycles. The van der Waals surface area contributed by atoms with E-state index in [0.717, 1.165) is 36.9 Å². The lowest BCUT2D eigenvalue weighted by Crippen LogP contribution is -2.65. The van der Waals surface area contributed by atoms with Gasteiger partial charge in [-0.15, -0.1) is 0 Å². The second kappa shape index (κ2) is 8.64. The van der Waals surface area contributed by atoms with Crippen LogP contribution in [-0.2, 0) is 16.1 Å². The molecule has 1 aliphatic carbocycles. The number of methoxy groups -OCH3 is 1. The minimum absolute atomic E-state index is 0.0720. The summed E-state index contributed by atoms with van der Waals surface area (Å²) in [5.41, 5.74) is 1.65. The highest BCUT2D eigenvalue weighted by atomic mass is 16.5. The monoisotopic (exact) mass is 409 g/mol. The van der Waals surface area contributed by atoms with Crippen molar-refractivity contribution in [2.24, 2.45) is 0 Å². The van der Waals surface area contributed by atoms with E-state index in [9.17, 15) is 9.59 Å². The van der Waals surface area contributed by atoms with Crippen molar-refractivity contribution >= 4 is 11.8 Å². The molecule has 1 aliphatic heterocycles. The number of benzene rings is 1. The third-order valence-corrected chi connectivity index (χ3v) is 6.52. The average molecular weight is 410 g/mol. The number of fused-ring (bicyclic) bond motifs is 1. The third kappa shape index (κ3) is 3.76. The molecule has 1 aromatic heterocycles. The number of carbonyl (C=O) groups is 2. The van der Waals surface area contributed by atoms with Crippen LogP contribution in [0.1, 0.15) is 49.5 Å². The normalized spacial score (nSPS) is 22.1. The van der Waals surface area contributed by atoms with E-state index in [1.54, 1.807) is 12.0 Å². The topological polar surface area (TPSA) is 63.6 Å². The van der Waals surface area contributed by atoms with Crippen LogP contribution in [0.4, 0.5) is 0 Å². The second-order valence-corrected chi connectivity index (χ2v) is 8.59. The Hall–Kier alpha value is -2.60. The molecule has 0 bridgehead atoms. The van der Waals surface area contributed by atoms with Crippen molar-refractivity contribution < 1.29 is 14.3 Å². The summed E-state index contributed by atoms with van der Waals surface area (Å²) in [7, 11) is 1.62. The molecule has 4 rings (SSSR count). The van der Waals surface area contributed by atoms with Gasteiger partial charge in [0.2, 0.25) is 5.91 Å². The van der Waals surface area contributed by atoms with Crippen LogP contribution in [0.15, 0.2) is 42.5 Å². The van der Waals surface area contributed by atoms with Crippen LogP contribution in [0.5, 0.6) is 0 Å². The number of carbonyl (C=O) groups excluding carboxylic acids is 2. The van der Waals surface area contributed by atoms with Gasteiger partial charge in [0.1, 0.15) is 11.2 Å². The van der Waals surface area contributed by atoms with Gasteiger partial charge in [-0.1, -0.05) is 49.6 Å². The van der Waals surface area contributed by atoms with E-state index in [4.69, 9.17) is 4.74 Å². The van der Waals surface area contributed by atoms with Crippen LogP contribution in [0, 0.1) is 0 Å². The summed E-state index contributed by atoms with van der Waals surface area (Å²) in [5.74, 6) is -0.195. The molecule has 1 fully saturated rings. The van der Waals surface area contributed by atoms with E-state index in [0.29, 0.717) is 25.4 Å². The molecular weight excluding hydrogens is 378 g/mol. The van der Waals surface area contributed by atoms with E-state index in [2.05, 4.69) is 5.32 Å². The molecule has 0 spiro atoms. The average Bonchev–Trinajstić information content (AvgIpc) is 3.18. The zero-order valence-electron chi connectivity index (χ0n) is 17.9. The lowest BCUT2D eigenvalue weighted by Gasteiger charge is -2.45. The molecule has 0 radical (unpaired) electrons. The molecule has 1 N–H and O–H groups in total. The van der Waals surface area contributed by atoms with E-state index in [1.807, 2.05) is 54.0 Å². The number of nitrogens with zero attached hydrogens (tertiary/aromatic N) is 2. The van der Waals surface area contributed by atoms with Crippen LogP contribution >= 0.6 is 0 Å². The molecule has 1 atom stereocenters. The number of rotatable bonds is 6. The van der Waals surface area contributed by atoms with Gasteiger partial charge in [0.05, 0.1) is 13.2 Å². The summed E-state index contributed by atoms with van der Waals surface area (Å²) < 4.78 is 7.25. The standard InChI is InChI=1S/C24H31N3O3/c1-24(23(29)25-19-11-7-4-8-12-19)17-26-20(18-9-5-3-6-10-18)13-14-21(26)22(28)27(24)15-16-30-2/h3,5-6,9-10,13-14,19H,4,7-8,11-12,15-17H2,1-2H3,(H,25,29)/t24-/m0/s1. The van der Waals surface area contributed by atoms with Crippen molar-refractivity contribution in [3.63, 3.8) is 0 Å². The largest absolute Gasteiger partial charge is 0.383 e. The van der Waals surface area contributed by atoms with Crippen LogP contribution in [0.3, 0.4) is 0 Å². The maximum absolute atomic E-state index is 13.5. The van der Waals surface area contributed by atoms with Gasteiger partial charge in [0, 0.05) is 25.4 Å². The molecular formula is C24H31N3O3. The molecule has 6 nitrogen and oxygen atoms in total. The Balaban J connectivity index is 1.69. The van der Waals surface area contributed by atoms with E-state index in [-0.39, 0.29) is 17.9 Å². The van der Waals surface area contributed by atoms with Gasteiger partial charge in [0.25, 0.3) is 5.91 Å². The van der Waals surface area contributed by atoms with Crippen molar-refractivity contribution in [2.45, 2.75) is 57.2 Å². The van der Waals surface area contributed by atoms with E-state index < -0.39 is 5.54 Å². The molecule has 160 valence electrons. The third-order valence-electron chi connectivity index (χ3n) is 6.52. The molecule has 0 unspecified atom stereocenters. The molecule has 1 aromatic carbocycles. The molecule has 6 heteroatoms. The van der Waals surface area contributed by atoms with Gasteiger partial charge in [-0.3, -0.25) is 9.59 Å². The fourth-order valence-electron chi connectivity index (χ4n) is 4.75. The summed E-state index contributed by atoms with van der Waals surface area (Å²) in [5, 5.41) is 3.25. The summed E-state index contributed by atoms with van der Waals surface area (Å²) in [6, 6.07) is 14.0. The Morgan fingerprint density at radius 3 is 2.50 bits per heavy atom. The lowest BCUT2D eigenvalue weighted by atomic mass is 9.91. The Kier molecular flexibility index (Phi) is 5.95. The predicted octanol–water partition coefficient (Wildman–Crippen LogP) is 3.46. The molecule has 2 amide bonds.